The van der Waals surface area contributed by atoms with Crippen molar-refractivity contribution >= 4 is 5.97 Å². The van der Waals surface area contributed by atoms with Gasteiger partial charge in [-0.2, -0.15) is 0 Å². The molecule has 0 aliphatic carbocycles. The van der Waals surface area contributed by atoms with Crippen molar-refractivity contribution in [3.8, 4) is 0 Å². The third kappa shape index (κ3) is 9.02. The molecule has 2 atom stereocenters. The van der Waals surface area contributed by atoms with Crippen LogP contribution in [-0.4, -0.2) is 49.2 Å². The highest BCUT2D eigenvalue weighted by molar-refractivity contribution is 5.76. The molecule has 1 fully saturated rings. The number of hydrogen-bond donors (Lipinski definition) is 1. The fraction of sp³-hybridized carbons (Fsp3) is 0.950. The molecule has 0 radical (unpaired) electrons. The summed E-state index contributed by atoms with van der Waals surface area (Å²) in [7, 11) is 0. The molecule has 0 aromatic rings. The maximum Gasteiger partial charge on any atom is 0.338 e. The van der Waals surface area contributed by atoms with Crippen molar-refractivity contribution in [2.24, 2.45) is 0 Å². The molecule has 0 aromatic carbocycles. The van der Waals surface area contributed by atoms with Crippen LogP contribution in [0.2, 0.25) is 0 Å². The van der Waals surface area contributed by atoms with Crippen molar-refractivity contribution in [2.45, 2.75) is 96.2 Å². The lowest BCUT2D eigenvalue weighted by Gasteiger charge is -2.35. The van der Waals surface area contributed by atoms with Gasteiger partial charge in [0, 0.05) is 6.61 Å². The zero-order chi connectivity index (χ0) is 18.4. The monoisotopic (exact) mass is 358 g/mol. The number of esters is 1. The highest BCUT2D eigenvalue weighted by atomic mass is 16.6. The summed E-state index contributed by atoms with van der Waals surface area (Å²) in [6, 6.07) is 0. The van der Waals surface area contributed by atoms with Crippen molar-refractivity contribution in [3.63, 3.8) is 0 Å². The molecule has 148 valence electrons. The van der Waals surface area contributed by atoms with Crippen LogP contribution in [0.4, 0.5) is 0 Å². The van der Waals surface area contributed by atoms with Gasteiger partial charge in [-0.1, -0.05) is 58.3 Å². The van der Waals surface area contributed by atoms with Crippen LogP contribution in [0.3, 0.4) is 0 Å². The summed E-state index contributed by atoms with van der Waals surface area (Å²) in [6.45, 7) is 5.68. The Kier molecular flexibility index (Phi) is 12.1. The minimum atomic E-state index is -1.15. The first kappa shape index (κ1) is 22.4. The molecule has 1 saturated heterocycles. The lowest BCUT2D eigenvalue weighted by molar-refractivity contribution is -0.182. The largest absolute Gasteiger partial charge is 0.464 e. The van der Waals surface area contributed by atoms with Gasteiger partial charge in [0.1, 0.15) is 5.60 Å². The highest BCUT2D eigenvalue weighted by Crippen LogP contribution is 2.29. The standard InChI is InChI=1S/C20H38O5/c1-3-5-10-13-20(22)14-11-8-6-7-9-12-15-23-16-17-25-18(20)19(21)24-4-2/h18,22H,3-17H2,1-2H3. The molecule has 2 unspecified atom stereocenters. The van der Waals surface area contributed by atoms with Gasteiger partial charge in [-0.05, 0) is 26.2 Å². The third-order valence-corrected chi connectivity index (χ3v) is 4.86. The van der Waals surface area contributed by atoms with E-state index in [4.69, 9.17) is 14.2 Å². The number of carbonyl (C=O) groups is 1. The summed E-state index contributed by atoms with van der Waals surface area (Å²) in [5.74, 6) is -0.450. The first-order chi connectivity index (χ1) is 12.1. The van der Waals surface area contributed by atoms with E-state index in [0.29, 0.717) is 32.7 Å². The van der Waals surface area contributed by atoms with Crippen LogP contribution in [-0.2, 0) is 19.0 Å². The van der Waals surface area contributed by atoms with Crippen molar-refractivity contribution in [3.05, 3.63) is 0 Å². The predicted molar refractivity (Wildman–Crippen MR) is 98.6 cm³/mol. The molecule has 1 heterocycles. The number of carbonyl (C=O) groups excluding carboxylic acids is 1. The number of hydrogen-bond acceptors (Lipinski definition) is 5. The van der Waals surface area contributed by atoms with E-state index in [2.05, 4.69) is 6.92 Å². The summed E-state index contributed by atoms with van der Waals surface area (Å²) in [5.41, 5.74) is -1.15. The van der Waals surface area contributed by atoms with Gasteiger partial charge in [0.15, 0.2) is 6.10 Å². The summed E-state index contributed by atoms with van der Waals surface area (Å²) in [5, 5.41) is 11.3. The quantitative estimate of drug-likeness (QED) is 0.574. The number of unbranched alkanes of at least 4 members (excludes halogenated alkanes) is 2. The Balaban J connectivity index is 2.80. The zero-order valence-corrected chi connectivity index (χ0v) is 16.3. The first-order valence-electron chi connectivity index (χ1n) is 10.2. The normalized spacial score (nSPS) is 27.4. The van der Waals surface area contributed by atoms with E-state index in [0.717, 1.165) is 51.6 Å². The third-order valence-electron chi connectivity index (χ3n) is 4.86. The SMILES string of the molecule is CCCCCC1(O)CCCCCCCCOCCOC1C(=O)OCC. The Labute approximate surface area is 153 Å². The van der Waals surface area contributed by atoms with Gasteiger partial charge in [-0.3, -0.25) is 0 Å². The maximum atomic E-state index is 12.4. The summed E-state index contributed by atoms with van der Waals surface area (Å²) < 4.78 is 16.6. The van der Waals surface area contributed by atoms with Crippen molar-refractivity contribution in [1.82, 2.24) is 0 Å². The van der Waals surface area contributed by atoms with Crippen LogP contribution in [0.25, 0.3) is 0 Å². The van der Waals surface area contributed by atoms with Crippen molar-refractivity contribution in [2.75, 3.05) is 26.4 Å². The predicted octanol–water partition coefficient (Wildman–Crippen LogP) is 4.01. The Morgan fingerprint density at radius 2 is 1.76 bits per heavy atom. The Hall–Kier alpha value is -0.650. The van der Waals surface area contributed by atoms with E-state index in [-0.39, 0.29) is 0 Å². The van der Waals surface area contributed by atoms with Gasteiger partial charge >= 0.3 is 5.97 Å². The Morgan fingerprint density at radius 1 is 1.04 bits per heavy atom. The molecule has 25 heavy (non-hydrogen) atoms. The second kappa shape index (κ2) is 13.5. The fourth-order valence-corrected chi connectivity index (χ4v) is 3.40. The molecule has 1 aliphatic heterocycles. The van der Waals surface area contributed by atoms with Crippen LogP contribution in [0.15, 0.2) is 0 Å². The molecule has 1 N–H and O–H groups in total. The first-order valence-corrected chi connectivity index (χ1v) is 10.2. The van der Waals surface area contributed by atoms with Gasteiger partial charge in [0.05, 0.1) is 19.8 Å². The van der Waals surface area contributed by atoms with Crippen LogP contribution in [0.1, 0.15) is 84.5 Å². The van der Waals surface area contributed by atoms with Crippen LogP contribution >= 0.6 is 0 Å². The number of ether oxygens (including phenoxy) is 3. The average molecular weight is 359 g/mol. The summed E-state index contributed by atoms with van der Waals surface area (Å²) >= 11 is 0. The molecular weight excluding hydrogens is 320 g/mol. The lowest BCUT2D eigenvalue weighted by Crippen LogP contribution is -2.50. The van der Waals surface area contributed by atoms with Crippen LogP contribution in [0.5, 0.6) is 0 Å². The van der Waals surface area contributed by atoms with Crippen LogP contribution in [0, 0.1) is 0 Å². The maximum absolute atomic E-state index is 12.4. The molecule has 5 heteroatoms. The second-order valence-corrected chi connectivity index (χ2v) is 7.05. The molecule has 0 amide bonds. The van der Waals surface area contributed by atoms with E-state index >= 15 is 0 Å². The van der Waals surface area contributed by atoms with Gasteiger partial charge in [-0.25, -0.2) is 4.79 Å². The van der Waals surface area contributed by atoms with Crippen molar-refractivity contribution < 1.29 is 24.1 Å². The van der Waals surface area contributed by atoms with E-state index in [1.54, 1.807) is 6.92 Å². The molecule has 1 aliphatic rings. The molecule has 0 aromatic heterocycles. The molecular formula is C20H38O5. The summed E-state index contributed by atoms with van der Waals surface area (Å²) in [6.07, 6.45) is 9.87. The van der Waals surface area contributed by atoms with E-state index in [9.17, 15) is 9.90 Å². The van der Waals surface area contributed by atoms with Gasteiger partial charge in [0.25, 0.3) is 0 Å². The minimum Gasteiger partial charge on any atom is -0.464 e. The van der Waals surface area contributed by atoms with E-state index in [1.807, 2.05) is 0 Å². The number of rotatable bonds is 6. The fourth-order valence-electron chi connectivity index (χ4n) is 3.40. The van der Waals surface area contributed by atoms with Gasteiger partial charge in [0.2, 0.25) is 0 Å². The zero-order valence-electron chi connectivity index (χ0n) is 16.3. The smallest absolute Gasteiger partial charge is 0.338 e. The Morgan fingerprint density at radius 3 is 2.48 bits per heavy atom. The highest BCUT2D eigenvalue weighted by Gasteiger charge is 2.42. The van der Waals surface area contributed by atoms with Gasteiger partial charge in [-0.15, -0.1) is 0 Å². The minimum absolute atomic E-state index is 0.292. The van der Waals surface area contributed by atoms with E-state index < -0.39 is 17.7 Å². The van der Waals surface area contributed by atoms with E-state index in [1.165, 1.54) is 12.8 Å². The average Bonchev–Trinajstić information content (AvgIpc) is 2.59. The molecule has 0 saturated carbocycles. The van der Waals surface area contributed by atoms with Gasteiger partial charge < -0.3 is 19.3 Å². The molecule has 0 bridgehead atoms. The number of aliphatic hydroxyl groups is 1. The molecule has 0 spiro atoms. The van der Waals surface area contributed by atoms with Crippen molar-refractivity contribution in [1.29, 1.82) is 0 Å². The topological polar surface area (TPSA) is 65.0 Å². The molecule has 5 nitrogen and oxygen atoms in total. The summed E-state index contributed by atoms with van der Waals surface area (Å²) in [4.78, 5) is 12.4. The van der Waals surface area contributed by atoms with Crippen LogP contribution < -0.4 is 0 Å². The Bertz CT molecular complexity index is 347. The molecule has 1 rings (SSSR count). The second-order valence-electron chi connectivity index (χ2n) is 7.05. The lowest BCUT2D eigenvalue weighted by atomic mass is 9.84.